The molecule has 14 heteroatoms. The van der Waals surface area contributed by atoms with Gasteiger partial charge in [-0.3, -0.25) is 4.72 Å². The normalized spacial score (nSPS) is 12.8. The van der Waals surface area contributed by atoms with Crippen LogP contribution in [0.15, 0.2) is 35.2 Å². The predicted octanol–water partition coefficient (Wildman–Crippen LogP) is 5.77. The number of nitrogens with zero attached hydrogens (tertiary/aromatic N) is 1. The summed E-state index contributed by atoms with van der Waals surface area (Å²) >= 11 is 11.4. The topological polar surface area (TPSA) is 58.6 Å². The number of rotatable bonds is 7. The third kappa shape index (κ3) is 6.56. The number of sulfonamides is 1. The number of hydrogen-bond acceptors (Lipinski definition) is 4. The molecular weight excluding hydrogens is 509 g/mol. The van der Waals surface area contributed by atoms with Crippen molar-refractivity contribution in [2.45, 2.75) is 17.2 Å². The van der Waals surface area contributed by atoms with Crippen LogP contribution >= 0.6 is 23.2 Å². The molecule has 0 heterocycles. The molecule has 0 aliphatic heterocycles. The third-order valence-corrected chi connectivity index (χ3v) is 6.23. The van der Waals surface area contributed by atoms with Crippen LogP contribution in [0.1, 0.15) is 11.1 Å². The molecule has 2 aromatic rings. The van der Waals surface area contributed by atoms with E-state index in [1.54, 1.807) is 19.0 Å². The number of ether oxygens (including phenoxy) is 1. The van der Waals surface area contributed by atoms with Gasteiger partial charge in [-0.1, -0.05) is 23.2 Å². The van der Waals surface area contributed by atoms with Crippen molar-refractivity contribution in [2.75, 3.05) is 32.0 Å². The molecule has 0 saturated heterocycles. The molecule has 0 unspecified atom stereocenters. The molecule has 5 nitrogen and oxygen atoms in total. The zero-order chi connectivity index (χ0) is 24.5. The van der Waals surface area contributed by atoms with Gasteiger partial charge in [-0.05, 0) is 38.4 Å². The van der Waals surface area contributed by atoms with Crippen LogP contribution in [-0.4, -0.2) is 40.6 Å². The summed E-state index contributed by atoms with van der Waals surface area (Å²) < 4.78 is 111. The molecule has 178 valence electrons. The lowest BCUT2D eigenvalue weighted by Crippen LogP contribution is -2.21. The highest BCUT2D eigenvalue weighted by atomic mass is 35.5. The number of likely N-dealkylation sites (N-methyl/N-ethyl adjacent to an activating group) is 1. The van der Waals surface area contributed by atoms with E-state index in [-0.39, 0.29) is 18.8 Å². The first-order valence-corrected chi connectivity index (χ1v) is 10.8. The number of benzene rings is 2. The second kappa shape index (κ2) is 9.54. The Bertz CT molecular complexity index is 1070. The van der Waals surface area contributed by atoms with Crippen molar-refractivity contribution in [3.63, 3.8) is 0 Å². The third-order valence-electron chi connectivity index (χ3n) is 3.93. The summed E-state index contributed by atoms with van der Waals surface area (Å²) in [4.78, 5) is 0.804. The first-order valence-electron chi connectivity index (χ1n) is 8.60. The number of hydrogen-bond donors (Lipinski definition) is 1. The number of nitrogens with one attached hydrogen (secondary N) is 1. The Kier molecular flexibility index (Phi) is 7.86. The Balaban J connectivity index is 2.43. The molecule has 2 rings (SSSR count). The molecular formula is C18H16Cl2F6N2O3S. The van der Waals surface area contributed by atoms with Crippen LogP contribution < -0.4 is 9.46 Å². The average molecular weight is 525 g/mol. The fraction of sp³-hybridized carbons (Fsp3) is 0.333. The number of halogens is 8. The first-order chi connectivity index (χ1) is 14.5. The van der Waals surface area contributed by atoms with Gasteiger partial charge in [-0.25, -0.2) is 8.42 Å². The quantitative estimate of drug-likeness (QED) is 0.467. The van der Waals surface area contributed by atoms with Crippen molar-refractivity contribution in [2.24, 2.45) is 0 Å². The molecule has 0 aliphatic carbocycles. The van der Waals surface area contributed by atoms with Crippen LogP contribution in [0.5, 0.6) is 5.75 Å². The number of anilines is 1. The minimum atomic E-state index is -4.82. The second-order valence-electron chi connectivity index (χ2n) is 6.73. The van der Waals surface area contributed by atoms with Crippen LogP contribution in [0, 0.1) is 0 Å². The van der Waals surface area contributed by atoms with Crippen molar-refractivity contribution >= 4 is 38.9 Å². The van der Waals surface area contributed by atoms with Gasteiger partial charge in [0.1, 0.15) is 17.3 Å². The Morgan fingerprint density at radius 3 is 2.00 bits per heavy atom. The van der Waals surface area contributed by atoms with Gasteiger partial charge in [0.25, 0.3) is 10.0 Å². The maximum atomic E-state index is 13.3. The van der Waals surface area contributed by atoms with Crippen molar-refractivity contribution in [1.29, 1.82) is 0 Å². The van der Waals surface area contributed by atoms with E-state index in [2.05, 4.69) is 0 Å². The van der Waals surface area contributed by atoms with E-state index < -0.39 is 54.2 Å². The molecule has 0 spiro atoms. The molecule has 0 atom stereocenters. The summed E-state index contributed by atoms with van der Waals surface area (Å²) in [6.45, 7) is 0.160. The highest BCUT2D eigenvalue weighted by Crippen LogP contribution is 2.40. The molecule has 0 bridgehead atoms. The van der Waals surface area contributed by atoms with Gasteiger partial charge in [0.05, 0.1) is 26.9 Å². The van der Waals surface area contributed by atoms with Crippen LogP contribution in [0.25, 0.3) is 0 Å². The lowest BCUT2D eigenvalue weighted by molar-refractivity contribution is -0.139. The van der Waals surface area contributed by atoms with Crippen molar-refractivity contribution in [1.82, 2.24) is 4.90 Å². The van der Waals surface area contributed by atoms with E-state index >= 15 is 0 Å². The summed E-state index contributed by atoms with van der Waals surface area (Å²) in [5.41, 5.74) is -2.74. The maximum Gasteiger partial charge on any atom is 0.419 e. The predicted molar refractivity (Wildman–Crippen MR) is 108 cm³/mol. The minimum Gasteiger partial charge on any atom is -0.492 e. The molecule has 0 fully saturated rings. The maximum absolute atomic E-state index is 13.3. The van der Waals surface area contributed by atoms with E-state index in [9.17, 15) is 34.8 Å². The van der Waals surface area contributed by atoms with Gasteiger partial charge >= 0.3 is 12.4 Å². The molecule has 0 amide bonds. The molecule has 32 heavy (non-hydrogen) atoms. The van der Waals surface area contributed by atoms with Gasteiger partial charge in [-0.15, -0.1) is 0 Å². The summed E-state index contributed by atoms with van der Waals surface area (Å²) in [5, 5.41) is -1.63. The Hall–Kier alpha value is -1.89. The smallest absolute Gasteiger partial charge is 0.419 e. The molecule has 0 aromatic heterocycles. The van der Waals surface area contributed by atoms with Gasteiger partial charge in [-0.2, -0.15) is 26.3 Å². The second-order valence-corrected chi connectivity index (χ2v) is 9.17. The van der Waals surface area contributed by atoms with Crippen molar-refractivity contribution < 1.29 is 39.5 Å². The van der Waals surface area contributed by atoms with Crippen LogP contribution in [0.2, 0.25) is 10.0 Å². The van der Waals surface area contributed by atoms with Crippen LogP contribution in [0.4, 0.5) is 32.0 Å². The summed E-state index contributed by atoms with van der Waals surface area (Å²) in [5.74, 6) is -0.635. The van der Waals surface area contributed by atoms with E-state index in [0.717, 1.165) is 12.1 Å². The standard InChI is InChI=1S/C18H16Cl2F6N2O3S/c1-28(2)5-6-31-15-9-11(3-4-12(15)18(24,25)26)27-32(29,30)16-13(19)7-10(8-14(16)20)17(21,22)23/h3-4,7-9,27H,5-6H2,1-2H3. The lowest BCUT2D eigenvalue weighted by atomic mass is 10.2. The fourth-order valence-electron chi connectivity index (χ4n) is 2.46. The van der Waals surface area contributed by atoms with E-state index in [1.165, 1.54) is 0 Å². The van der Waals surface area contributed by atoms with Gasteiger partial charge in [0.15, 0.2) is 0 Å². The van der Waals surface area contributed by atoms with E-state index in [0.29, 0.717) is 18.2 Å². The number of alkyl halides is 6. The van der Waals surface area contributed by atoms with Crippen LogP contribution in [-0.2, 0) is 22.4 Å². The monoisotopic (exact) mass is 524 g/mol. The molecule has 0 saturated carbocycles. The molecule has 1 N–H and O–H groups in total. The summed E-state index contributed by atoms with van der Waals surface area (Å²) in [6.07, 6.45) is -9.60. The lowest BCUT2D eigenvalue weighted by Gasteiger charge is -2.18. The average Bonchev–Trinajstić information content (AvgIpc) is 2.58. The molecule has 0 aliphatic rings. The van der Waals surface area contributed by atoms with Gasteiger partial charge < -0.3 is 9.64 Å². The zero-order valence-corrected chi connectivity index (χ0v) is 18.7. The fourth-order valence-corrected chi connectivity index (χ4v) is 4.73. The van der Waals surface area contributed by atoms with Crippen LogP contribution in [0.3, 0.4) is 0 Å². The zero-order valence-electron chi connectivity index (χ0n) is 16.4. The van der Waals surface area contributed by atoms with Gasteiger partial charge in [0.2, 0.25) is 0 Å². The SMILES string of the molecule is CN(C)CCOc1cc(NS(=O)(=O)c2c(Cl)cc(C(F)(F)F)cc2Cl)ccc1C(F)(F)F. The Morgan fingerprint density at radius 2 is 1.53 bits per heavy atom. The summed E-state index contributed by atoms with van der Waals surface area (Å²) in [6, 6.07) is 3.00. The highest BCUT2D eigenvalue weighted by Gasteiger charge is 2.36. The van der Waals surface area contributed by atoms with Crippen molar-refractivity contribution in [3.05, 3.63) is 51.5 Å². The molecule has 0 radical (unpaired) electrons. The minimum absolute atomic E-state index is 0.122. The highest BCUT2D eigenvalue weighted by molar-refractivity contribution is 7.93. The largest absolute Gasteiger partial charge is 0.492 e. The Labute approximate surface area is 189 Å². The van der Waals surface area contributed by atoms with Gasteiger partial charge in [0, 0.05) is 12.6 Å². The Morgan fingerprint density at radius 1 is 0.969 bits per heavy atom. The van der Waals surface area contributed by atoms with E-state index in [1.807, 2.05) is 4.72 Å². The van der Waals surface area contributed by atoms with E-state index in [4.69, 9.17) is 27.9 Å². The van der Waals surface area contributed by atoms with Crippen molar-refractivity contribution in [3.8, 4) is 5.75 Å². The summed E-state index contributed by atoms with van der Waals surface area (Å²) in [7, 11) is -1.31. The first kappa shape index (κ1) is 26.4. The molecule has 2 aromatic carbocycles.